The molecule has 2 rings (SSSR count). The molecule has 5 heteroatoms. The number of nitrogens with zero attached hydrogens (tertiary/aromatic N) is 1. The Balaban J connectivity index is 2.68. The summed E-state index contributed by atoms with van der Waals surface area (Å²) in [6.45, 7) is 0. The molecular formula is C8H6N2O2S. The fraction of sp³-hybridized carbons (Fsp3) is 0. The topological polar surface area (TPSA) is 76.2 Å². The van der Waals surface area contributed by atoms with Crippen molar-refractivity contribution in [2.24, 2.45) is 0 Å². The van der Waals surface area contributed by atoms with E-state index in [1.165, 1.54) is 17.5 Å². The molecule has 0 atom stereocenters. The number of hydrogen-bond acceptors (Lipinski definition) is 4. The van der Waals surface area contributed by atoms with Gasteiger partial charge in [0.15, 0.2) is 0 Å². The number of nitrogen functional groups attached to an aromatic ring is 1. The van der Waals surface area contributed by atoms with Crippen LogP contribution in [-0.2, 0) is 0 Å². The number of hydrogen-bond donors (Lipinski definition) is 2. The molecule has 0 aliphatic carbocycles. The molecule has 66 valence electrons. The van der Waals surface area contributed by atoms with E-state index in [9.17, 15) is 4.79 Å². The van der Waals surface area contributed by atoms with Gasteiger partial charge in [0.25, 0.3) is 0 Å². The van der Waals surface area contributed by atoms with Gasteiger partial charge in [-0.25, -0.2) is 4.79 Å². The van der Waals surface area contributed by atoms with Crippen molar-refractivity contribution in [3.05, 3.63) is 23.2 Å². The number of aromatic carboxylic acids is 1. The van der Waals surface area contributed by atoms with Gasteiger partial charge in [-0.2, -0.15) is 0 Å². The van der Waals surface area contributed by atoms with Gasteiger partial charge in [0.05, 0.1) is 22.1 Å². The highest BCUT2D eigenvalue weighted by Crippen LogP contribution is 2.25. The Bertz CT molecular complexity index is 478. The Morgan fingerprint density at radius 3 is 3.00 bits per heavy atom. The van der Waals surface area contributed by atoms with Gasteiger partial charge in [-0.15, -0.1) is 11.3 Å². The van der Waals surface area contributed by atoms with Crippen LogP contribution in [0.1, 0.15) is 9.67 Å². The summed E-state index contributed by atoms with van der Waals surface area (Å²) in [5.74, 6) is -0.929. The minimum Gasteiger partial charge on any atom is -0.477 e. The van der Waals surface area contributed by atoms with Gasteiger partial charge in [0.1, 0.15) is 4.88 Å². The summed E-state index contributed by atoms with van der Waals surface area (Å²) < 4.78 is 0.803. The summed E-state index contributed by atoms with van der Waals surface area (Å²) in [4.78, 5) is 14.9. The van der Waals surface area contributed by atoms with Crippen molar-refractivity contribution in [2.45, 2.75) is 0 Å². The average molecular weight is 194 g/mol. The maximum Gasteiger partial charge on any atom is 0.345 e. The minimum atomic E-state index is -0.929. The number of rotatable bonds is 1. The maximum atomic E-state index is 10.6. The molecule has 0 saturated carbocycles. The summed E-state index contributed by atoms with van der Waals surface area (Å²) >= 11 is 1.18. The number of carboxylic acids is 1. The highest BCUT2D eigenvalue weighted by Gasteiger charge is 2.08. The van der Waals surface area contributed by atoms with E-state index < -0.39 is 5.97 Å². The molecule has 2 aromatic heterocycles. The zero-order valence-electron chi connectivity index (χ0n) is 6.52. The van der Waals surface area contributed by atoms with E-state index in [4.69, 9.17) is 10.8 Å². The second-order valence-electron chi connectivity index (χ2n) is 2.57. The first kappa shape index (κ1) is 8.00. The third-order valence-electron chi connectivity index (χ3n) is 1.60. The number of fused-ring (bicyclic) bond motifs is 1. The molecule has 0 bridgehead atoms. The van der Waals surface area contributed by atoms with Gasteiger partial charge in [-0.3, -0.25) is 4.98 Å². The Hall–Kier alpha value is -1.62. The molecule has 0 aliphatic heterocycles. The average Bonchev–Trinajstić information content (AvgIpc) is 2.46. The lowest BCUT2D eigenvalue weighted by Crippen LogP contribution is -1.89. The first-order valence-electron chi connectivity index (χ1n) is 3.55. The predicted molar refractivity (Wildman–Crippen MR) is 51.0 cm³/mol. The molecule has 2 heterocycles. The molecule has 0 radical (unpaired) electrons. The Labute approximate surface area is 77.6 Å². The van der Waals surface area contributed by atoms with Crippen LogP contribution in [0.15, 0.2) is 18.3 Å². The van der Waals surface area contributed by atoms with Crippen LogP contribution in [0.25, 0.3) is 10.2 Å². The van der Waals surface area contributed by atoms with E-state index in [0.717, 1.165) is 4.70 Å². The van der Waals surface area contributed by atoms with Gasteiger partial charge in [-0.05, 0) is 12.1 Å². The molecule has 0 unspecified atom stereocenters. The number of carbonyl (C=O) groups is 1. The molecule has 0 aromatic carbocycles. The lowest BCUT2D eigenvalue weighted by atomic mass is 10.3. The lowest BCUT2D eigenvalue weighted by molar-refractivity contribution is 0.0702. The Morgan fingerprint density at radius 1 is 1.54 bits per heavy atom. The molecule has 4 nitrogen and oxygen atoms in total. The fourth-order valence-electron chi connectivity index (χ4n) is 1.04. The van der Waals surface area contributed by atoms with Gasteiger partial charge in [0, 0.05) is 0 Å². The smallest absolute Gasteiger partial charge is 0.345 e. The van der Waals surface area contributed by atoms with Crippen molar-refractivity contribution in [1.29, 1.82) is 0 Å². The van der Waals surface area contributed by atoms with E-state index in [1.807, 2.05) is 0 Å². The van der Waals surface area contributed by atoms with Gasteiger partial charge < -0.3 is 10.8 Å². The standard InChI is InChI=1S/C8H6N2O2S/c9-4-1-6-5(10-3-4)2-7(13-6)8(11)12/h1-3H,9H2,(H,11,12). The molecule has 3 N–H and O–H groups in total. The normalized spacial score (nSPS) is 10.5. The molecular weight excluding hydrogens is 188 g/mol. The van der Waals surface area contributed by atoms with E-state index in [0.29, 0.717) is 11.2 Å². The number of carboxylic acid groups (broad SMARTS) is 1. The van der Waals surface area contributed by atoms with Crippen LogP contribution in [0, 0.1) is 0 Å². The van der Waals surface area contributed by atoms with Crippen LogP contribution in [0.3, 0.4) is 0 Å². The second-order valence-corrected chi connectivity index (χ2v) is 3.65. The first-order valence-corrected chi connectivity index (χ1v) is 4.37. The first-order chi connectivity index (χ1) is 6.16. The molecule has 0 spiro atoms. The largest absolute Gasteiger partial charge is 0.477 e. The monoisotopic (exact) mass is 194 g/mol. The van der Waals surface area contributed by atoms with Crippen molar-refractivity contribution in [3.63, 3.8) is 0 Å². The zero-order valence-corrected chi connectivity index (χ0v) is 7.34. The highest BCUT2D eigenvalue weighted by molar-refractivity contribution is 7.20. The third-order valence-corrected chi connectivity index (χ3v) is 2.66. The molecule has 0 saturated heterocycles. The van der Waals surface area contributed by atoms with Crippen molar-refractivity contribution < 1.29 is 9.90 Å². The molecule has 0 amide bonds. The van der Waals surface area contributed by atoms with Crippen LogP contribution in [0.5, 0.6) is 0 Å². The number of nitrogens with two attached hydrogens (primary N) is 1. The van der Waals surface area contributed by atoms with Gasteiger partial charge in [-0.1, -0.05) is 0 Å². The molecule has 0 fully saturated rings. The van der Waals surface area contributed by atoms with Crippen LogP contribution in [0.4, 0.5) is 5.69 Å². The predicted octanol–water partition coefficient (Wildman–Crippen LogP) is 1.58. The van der Waals surface area contributed by atoms with Gasteiger partial charge in [0.2, 0.25) is 0 Å². The van der Waals surface area contributed by atoms with Crippen molar-refractivity contribution in [2.75, 3.05) is 5.73 Å². The van der Waals surface area contributed by atoms with Crippen LogP contribution >= 0.6 is 11.3 Å². The SMILES string of the molecule is Nc1cnc2cc(C(=O)O)sc2c1. The van der Waals surface area contributed by atoms with Crippen molar-refractivity contribution in [3.8, 4) is 0 Å². The zero-order chi connectivity index (χ0) is 9.42. The lowest BCUT2D eigenvalue weighted by Gasteiger charge is -1.89. The minimum absolute atomic E-state index is 0.285. The number of anilines is 1. The number of aromatic nitrogens is 1. The summed E-state index contributed by atoms with van der Waals surface area (Å²) in [5.41, 5.74) is 6.73. The Kier molecular flexibility index (Phi) is 1.66. The van der Waals surface area contributed by atoms with E-state index in [2.05, 4.69) is 4.98 Å². The van der Waals surface area contributed by atoms with Crippen LogP contribution < -0.4 is 5.73 Å². The quantitative estimate of drug-likeness (QED) is 0.722. The molecule has 0 aliphatic rings. The second kappa shape index (κ2) is 2.70. The summed E-state index contributed by atoms with van der Waals surface area (Å²) in [6, 6.07) is 3.27. The summed E-state index contributed by atoms with van der Waals surface area (Å²) in [7, 11) is 0. The van der Waals surface area contributed by atoms with Crippen LogP contribution in [-0.4, -0.2) is 16.1 Å². The van der Waals surface area contributed by atoms with Crippen LogP contribution in [0.2, 0.25) is 0 Å². The third kappa shape index (κ3) is 1.33. The maximum absolute atomic E-state index is 10.6. The molecule has 2 aromatic rings. The highest BCUT2D eigenvalue weighted by atomic mass is 32.1. The Morgan fingerprint density at radius 2 is 2.31 bits per heavy atom. The van der Waals surface area contributed by atoms with Gasteiger partial charge >= 0.3 is 5.97 Å². The number of thiophene rings is 1. The molecule has 13 heavy (non-hydrogen) atoms. The summed E-state index contributed by atoms with van der Waals surface area (Å²) in [5, 5.41) is 8.71. The number of pyridine rings is 1. The van der Waals surface area contributed by atoms with Crippen molar-refractivity contribution in [1.82, 2.24) is 4.98 Å². The van der Waals surface area contributed by atoms with E-state index in [1.54, 1.807) is 12.1 Å². The van der Waals surface area contributed by atoms with Crippen molar-refractivity contribution >= 4 is 33.2 Å². The van der Waals surface area contributed by atoms with E-state index in [-0.39, 0.29) is 4.88 Å². The summed E-state index contributed by atoms with van der Waals surface area (Å²) in [6.07, 6.45) is 1.51. The fourth-order valence-corrected chi connectivity index (χ4v) is 1.94. The van der Waals surface area contributed by atoms with E-state index >= 15 is 0 Å².